The normalized spacial score (nSPS) is 10.6. The van der Waals surface area contributed by atoms with E-state index in [1.54, 1.807) is 37.4 Å². The van der Waals surface area contributed by atoms with Crippen molar-refractivity contribution in [1.29, 1.82) is 0 Å². The van der Waals surface area contributed by atoms with E-state index in [2.05, 4.69) is 10.2 Å². The van der Waals surface area contributed by atoms with E-state index in [1.807, 2.05) is 6.07 Å². The third kappa shape index (κ3) is 5.04. The molecule has 4 N–H and O–H groups in total. The molecule has 0 radical (unpaired) electrons. The zero-order chi connectivity index (χ0) is 17.5. The minimum absolute atomic E-state index is 0.113. The third-order valence-corrected chi connectivity index (χ3v) is 3.55. The van der Waals surface area contributed by atoms with Crippen LogP contribution >= 0.6 is 23.2 Å². The monoisotopic (exact) mass is 366 g/mol. The number of nitrogens with two attached hydrogens (primary N) is 2. The molecule has 2 aromatic rings. The van der Waals surface area contributed by atoms with Crippen LogP contribution in [-0.4, -0.2) is 19.3 Å². The van der Waals surface area contributed by atoms with Crippen LogP contribution in [0.2, 0.25) is 10.0 Å². The SMILES string of the molecule is COc1cc(/C=N\N=C(N)N)ccc1OCc1ccc(Cl)cc1Cl. The van der Waals surface area contributed by atoms with E-state index in [4.69, 9.17) is 44.1 Å². The van der Waals surface area contributed by atoms with Crippen LogP contribution in [0, 0.1) is 0 Å². The van der Waals surface area contributed by atoms with E-state index in [0.29, 0.717) is 21.5 Å². The first-order chi connectivity index (χ1) is 11.5. The topological polar surface area (TPSA) is 95.2 Å². The lowest BCUT2D eigenvalue weighted by atomic mass is 10.2. The number of halogens is 2. The maximum atomic E-state index is 6.13. The van der Waals surface area contributed by atoms with Gasteiger partial charge >= 0.3 is 0 Å². The number of rotatable bonds is 6. The molecule has 0 spiro atoms. The number of hydrogen-bond donors (Lipinski definition) is 2. The van der Waals surface area contributed by atoms with Crippen molar-refractivity contribution in [2.75, 3.05) is 7.11 Å². The van der Waals surface area contributed by atoms with Crippen molar-refractivity contribution < 1.29 is 9.47 Å². The Morgan fingerprint density at radius 3 is 2.58 bits per heavy atom. The Balaban J connectivity index is 2.12. The smallest absolute Gasteiger partial charge is 0.211 e. The molecular formula is C16H16Cl2N4O2. The number of guanidine groups is 1. The average molecular weight is 367 g/mol. The predicted octanol–water partition coefficient (Wildman–Crippen LogP) is 3.19. The van der Waals surface area contributed by atoms with Crippen molar-refractivity contribution in [3.05, 3.63) is 57.6 Å². The van der Waals surface area contributed by atoms with E-state index in [0.717, 1.165) is 11.1 Å². The second-order valence-corrected chi connectivity index (χ2v) is 5.55. The van der Waals surface area contributed by atoms with Gasteiger partial charge in [-0.2, -0.15) is 5.10 Å². The van der Waals surface area contributed by atoms with E-state index in [1.165, 1.54) is 6.21 Å². The molecule has 24 heavy (non-hydrogen) atoms. The third-order valence-electron chi connectivity index (χ3n) is 2.97. The lowest BCUT2D eigenvalue weighted by Gasteiger charge is -2.12. The van der Waals surface area contributed by atoms with Gasteiger partial charge in [0.15, 0.2) is 11.5 Å². The first kappa shape index (κ1) is 17.9. The Hall–Kier alpha value is -2.44. The van der Waals surface area contributed by atoms with Gasteiger partial charge in [-0.05, 0) is 35.9 Å². The summed E-state index contributed by atoms with van der Waals surface area (Å²) < 4.78 is 11.1. The molecule has 6 nitrogen and oxygen atoms in total. The van der Waals surface area contributed by atoms with Crippen LogP contribution in [-0.2, 0) is 6.61 Å². The van der Waals surface area contributed by atoms with Crippen molar-refractivity contribution in [2.45, 2.75) is 6.61 Å². The minimum Gasteiger partial charge on any atom is -0.493 e. The van der Waals surface area contributed by atoms with Gasteiger partial charge in [-0.1, -0.05) is 29.3 Å². The molecule has 0 aliphatic rings. The maximum absolute atomic E-state index is 6.13. The zero-order valence-electron chi connectivity index (χ0n) is 12.9. The summed E-state index contributed by atoms with van der Waals surface area (Å²) in [6.45, 7) is 0.286. The molecule has 0 heterocycles. The van der Waals surface area contributed by atoms with E-state index in [-0.39, 0.29) is 12.6 Å². The highest BCUT2D eigenvalue weighted by Gasteiger charge is 2.07. The molecule has 0 saturated carbocycles. The van der Waals surface area contributed by atoms with Gasteiger partial charge in [0.1, 0.15) is 6.61 Å². The molecule has 0 unspecified atom stereocenters. The Kier molecular flexibility index (Phi) is 6.28. The fraction of sp³-hybridized carbons (Fsp3) is 0.125. The molecule has 0 bridgehead atoms. The van der Waals surface area contributed by atoms with Gasteiger partial charge in [0, 0.05) is 15.6 Å². The molecule has 2 rings (SSSR count). The summed E-state index contributed by atoms with van der Waals surface area (Å²) >= 11 is 12.0. The largest absolute Gasteiger partial charge is 0.493 e. The van der Waals surface area contributed by atoms with E-state index < -0.39 is 0 Å². The number of hydrogen-bond acceptors (Lipinski definition) is 4. The Labute approximate surface area is 149 Å². The van der Waals surface area contributed by atoms with Gasteiger partial charge in [-0.3, -0.25) is 0 Å². The van der Waals surface area contributed by atoms with Gasteiger partial charge in [0.2, 0.25) is 5.96 Å². The van der Waals surface area contributed by atoms with Crippen molar-refractivity contribution in [3.63, 3.8) is 0 Å². The molecule has 0 aliphatic heterocycles. The molecule has 0 aliphatic carbocycles. The lowest BCUT2D eigenvalue weighted by molar-refractivity contribution is 0.284. The number of benzene rings is 2. The summed E-state index contributed by atoms with van der Waals surface area (Å²) in [5, 5.41) is 8.40. The van der Waals surface area contributed by atoms with Crippen molar-refractivity contribution in [3.8, 4) is 11.5 Å². The van der Waals surface area contributed by atoms with Crippen LogP contribution < -0.4 is 20.9 Å². The minimum atomic E-state index is -0.113. The quantitative estimate of drug-likeness (QED) is 0.466. The van der Waals surface area contributed by atoms with Crippen molar-refractivity contribution in [2.24, 2.45) is 21.7 Å². The Morgan fingerprint density at radius 2 is 1.92 bits per heavy atom. The number of methoxy groups -OCH3 is 1. The van der Waals surface area contributed by atoms with Crippen LogP contribution in [0.15, 0.2) is 46.6 Å². The van der Waals surface area contributed by atoms with Gasteiger partial charge < -0.3 is 20.9 Å². The van der Waals surface area contributed by atoms with Crippen LogP contribution in [0.25, 0.3) is 0 Å². The van der Waals surface area contributed by atoms with Crippen molar-refractivity contribution in [1.82, 2.24) is 0 Å². The molecule has 0 fully saturated rings. The lowest BCUT2D eigenvalue weighted by Crippen LogP contribution is -2.21. The highest BCUT2D eigenvalue weighted by molar-refractivity contribution is 6.35. The van der Waals surface area contributed by atoms with Gasteiger partial charge in [0.05, 0.1) is 13.3 Å². The predicted molar refractivity (Wildman–Crippen MR) is 97.2 cm³/mol. The highest BCUT2D eigenvalue weighted by Crippen LogP contribution is 2.29. The van der Waals surface area contributed by atoms with E-state index >= 15 is 0 Å². The van der Waals surface area contributed by atoms with Crippen molar-refractivity contribution >= 4 is 35.4 Å². The fourth-order valence-electron chi connectivity index (χ4n) is 1.84. The average Bonchev–Trinajstić information content (AvgIpc) is 2.54. The molecule has 0 atom stereocenters. The van der Waals surface area contributed by atoms with Crippen LogP contribution in [0.1, 0.15) is 11.1 Å². The molecule has 0 aromatic heterocycles. The summed E-state index contributed by atoms with van der Waals surface area (Å²) in [4.78, 5) is 0. The van der Waals surface area contributed by atoms with Crippen LogP contribution in [0.4, 0.5) is 0 Å². The maximum Gasteiger partial charge on any atom is 0.211 e. The van der Waals surface area contributed by atoms with Crippen LogP contribution in [0.3, 0.4) is 0 Å². The summed E-state index contributed by atoms with van der Waals surface area (Å²) in [7, 11) is 1.55. The molecule has 126 valence electrons. The first-order valence-corrected chi connectivity index (χ1v) is 7.62. The summed E-state index contributed by atoms with van der Waals surface area (Å²) in [6.07, 6.45) is 1.50. The standard InChI is InChI=1S/C16H16Cl2N4O2/c1-23-15-6-10(8-21-22-16(19)20)2-5-14(15)24-9-11-3-4-12(17)7-13(11)18/h2-8H,9H2,1H3,(H4,19,20,22)/b21-8-. The summed E-state index contributed by atoms with van der Waals surface area (Å²) in [5.41, 5.74) is 12.0. The number of ether oxygens (including phenoxy) is 2. The highest BCUT2D eigenvalue weighted by atomic mass is 35.5. The molecule has 2 aromatic carbocycles. The summed E-state index contributed by atoms with van der Waals surface area (Å²) in [6, 6.07) is 10.6. The molecular weight excluding hydrogens is 351 g/mol. The summed E-state index contributed by atoms with van der Waals surface area (Å²) in [5.74, 6) is 1.01. The Morgan fingerprint density at radius 1 is 1.12 bits per heavy atom. The number of nitrogens with zero attached hydrogens (tertiary/aromatic N) is 2. The van der Waals surface area contributed by atoms with Gasteiger partial charge in [-0.15, -0.1) is 5.10 Å². The second-order valence-electron chi connectivity index (χ2n) is 4.70. The van der Waals surface area contributed by atoms with Gasteiger partial charge in [0.25, 0.3) is 0 Å². The molecule has 0 saturated heterocycles. The first-order valence-electron chi connectivity index (χ1n) is 6.86. The molecule has 8 heteroatoms. The second kappa shape index (κ2) is 8.42. The fourth-order valence-corrected chi connectivity index (χ4v) is 2.30. The van der Waals surface area contributed by atoms with E-state index in [9.17, 15) is 0 Å². The Bertz CT molecular complexity index is 775. The zero-order valence-corrected chi connectivity index (χ0v) is 14.4. The molecule has 0 amide bonds. The van der Waals surface area contributed by atoms with Gasteiger partial charge in [-0.25, -0.2) is 0 Å². The van der Waals surface area contributed by atoms with Crippen LogP contribution in [0.5, 0.6) is 11.5 Å².